The molecule has 0 heterocycles. The first-order valence-electron chi connectivity index (χ1n) is 12.8. The molecule has 1 aliphatic carbocycles. The highest BCUT2D eigenvalue weighted by molar-refractivity contribution is 8.26. The summed E-state index contributed by atoms with van der Waals surface area (Å²) in [6.45, 7) is 5.50. The zero-order valence-electron chi connectivity index (χ0n) is 22.5. The second kappa shape index (κ2) is 12.6. The van der Waals surface area contributed by atoms with E-state index in [4.69, 9.17) is 15.9 Å². The molecule has 2 aromatic carbocycles. The molecule has 2 aromatic rings. The third-order valence-corrected chi connectivity index (χ3v) is 9.13. The van der Waals surface area contributed by atoms with E-state index in [1.165, 1.54) is 12.1 Å². The molecule has 1 fully saturated rings. The number of hydrogen-bond acceptors (Lipinski definition) is 6. The number of carbonyl (C=O) groups excluding carboxylic acids is 1. The maximum atomic E-state index is 13.2. The number of amidine groups is 1. The molecule has 218 valence electrons. The Labute approximate surface area is 236 Å². The van der Waals surface area contributed by atoms with Gasteiger partial charge in [-0.3, -0.25) is 10.2 Å². The molecule has 3 rings (SSSR count). The molecular weight excluding hydrogens is 565 g/mol. The second-order valence-corrected chi connectivity index (χ2v) is 12.5. The number of sulfonamides is 1. The molecule has 8 nitrogen and oxygen atoms in total. The first kappa shape index (κ1) is 31.5. The Bertz CT molecular complexity index is 1370. The zero-order valence-corrected chi connectivity index (χ0v) is 24.1. The third kappa shape index (κ3) is 7.57. The molecule has 4 N–H and O–H groups in total. The number of carbonyl (C=O) groups is 1. The maximum Gasteiger partial charge on any atom is 0.416 e. The van der Waals surface area contributed by atoms with Gasteiger partial charge in [0.05, 0.1) is 27.7 Å². The number of nitrogens with zero attached hydrogens (tertiary/aromatic N) is 1. The third-order valence-electron chi connectivity index (χ3n) is 6.72. The molecule has 0 spiro atoms. The Morgan fingerprint density at radius 2 is 1.80 bits per heavy atom. The highest BCUT2D eigenvalue weighted by atomic mass is 32.2. The van der Waals surface area contributed by atoms with Gasteiger partial charge in [-0.05, 0) is 67.4 Å². The molecule has 0 radical (unpaired) electrons. The lowest BCUT2D eigenvalue weighted by molar-refractivity contribution is -0.137. The van der Waals surface area contributed by atoms with E-state index in [1.807, 2.05) is 0 Å². The summed E-state index contributed by atoms with van der Waals surface area (Å²) in [6.07, 6.45) is -1.28. The minimum Gasteiger partial charge on any atom is -0.493 e. The van der Waals surface area contributed by atoms with Crippen LogP contribution in [0.4, 0.5) is 13.2 Å². The Balaban J connectivity index is 1.80. The lowest BCUT2D eigenvalue weighted by Gasteiger charge is -2.30. The fourth-order valence-corrected chi connectivity index (χ4v) is 6.25. The molecule has 0 bridgehead atoms. The van der Waals surface area contributed by atoms with Crippen LogP contribution in [0.3, 0.4) is 0 Å². The van der Waals surface area contributed by atoms with Gasteiger partial charge in [0, 0.05) is 17.9 Å². The van der Waals surface area contributed by atoms with Gasteiger partial charge >= 0.3 is 6.18 Å². The average molecular weight is 599 g/mol. The number of halogens is 3. The quantitative estimate of drug-likeness (QED) is 0.250. The lowest BCUT2D eigenvalue weighted by Crippen LogP contribution is -2.39. The minimum absolute atomic E-state index is 0.00306. The highest BCUT2D eigenvalue weighted by Gasteiger charge is 2.37. The monoisotopic (exact) mass is 598 g/mol. The second-order valence-electron chi connectivity index (χ2n) is 9.86. The van der Waals surface area contributed by atoms with Crippen LogP contribution in [-0.2, 0) is 21.6 Å². The van der Waals surface area contributed by atoms with Crippen LogP contribution in [0.1, 0.15) is 67.9 Å². The maximum absolute atomic E-state index is 13.2. The van der Waals surface area contributed by atoms with Crippen molar-refractivity contribution in [1.29, 1.82) is 5.41 Å². The van der Waals surface area contributed by atoms with Crippen LogP contribution in [-0.4, -0.2) is 37.7 Å². The predicted octanol–water partition coefficient (Wildman–Crippen LogP) is 5.72. The standard InChI is InChI=1S/C27H33F3N4O4S2/c1-4-38-22-15-19(27(28,29)30)9-12-21(22)24(35)33-16-26(13-5-6-14-26)18-7-10-20(11-8-18)40(36,37)34-25(32)39-23(31)17(2)3/h7-12,15,17,31H,4-6,13-14,16H2,1-3H3,(H2,32,34)(H,33,35). The largest absolute Gasteiger partial charge is 0.493 e. The van der Waals surface area contributed by atoms with Crippen molar-refractivity contribution in [2.24, 2.45) is 16.0 Å². The molecule has 1 aliphatic rings. The molecule has 0 saturated heterocycles. The van der Waals surface area contributed by atoms with Crippen LogP contribution in [0.25, 0.3) is 0 Å². The minimum atomic E-state index is -4.57. The van der Waals surface area contributed by atoms with Crippen LogP contribution in [0.15, 0.2) is 51.8 Å². The number of benzene rings is 2. The van der Waals surface area contributed by atoms with Crippen molar-refractivity contribution >= 4 is 37.9 Å². The summed E-state index contributed by atoms with van der Waals surface area (Å²) in [6, 6.07) is 9.02. The van der Waals surface area contributed by atoms with E-state index in [0.717, 1.165) is 61.2 Å². The predicted molar refractivity (Wildman–Crippen MR) is 150 cm³/mol. The summed E-state index contributed by atoms with van der Waals surface area (Å²) >= 11 is 0.793. The summed E-state index contributed by atoms with van der Waals surface area (Å²) in [4.78, 5) is 13.0. The van der Waals surface area contributed by atoms with E-state index >= 15 is 0 Å². The lowest BCUT2D eigenvalue weighted by atomic mass is 9.79. The Morgan fingerprint density at radius 1 is 1.18 bits per heavy atom. The summed E-state index contributed by atoms with van der Waals surface area (Å²) in [5.74, 6) is -0.822. The number of amides is 1. The van der Waals surface area contributed by atoms with Gasteiger partial charge in [0.15, 0.2) is 5.17 Å². The number of nitrogens with two attached hydrogens (primary N) is 1. The number of ether oxygens (including phenoxy) is 1. The summed E-state index contributed by atoms with van der Waals surface area (Å²) in [7, 11) is -4.10. The van der Waals surface area contributed by atoms with Crippen molar-refractivity contribution in [3.05, 3.63) is 59.2 Å². The first-order valence-corrected chi connectivity index (χ1v) is 15.0. The average Bonchev–Trinajstić information content (AvgIpc) is 3.37. The normalized spacial score (nSPS) is 15.7. The number of thioether (sulfide) groups is 1. The van der Waals surface area contributed by atoms with Gasteiger partial charge in [-0.1, -0.05) is 38.8 Å². The fraction of sp³-hybridized carbons (Fsp3) is 0.444. The van der Waals surface area contributed by atoms with E-state index in [0.29, 0.717) is 0 Å². The van der Waals surface area contributed by atoms with Gasteiger partial charge in [-0.25, -0.2) is 0 Å². The topological polar surface area (TPSA) is 135 Å². The van der Waals surface area contributed by atoms with Gasteiger partial charge in [0.2, 0.25) is 0 Å². The van der Waals surface area contributed by atoms with Crippen molar-refractivity contribution in [1.82, 2.24) is 5.32 Å². The van der Waals surface area contributed by atoms with Crippen molar-refractivity contribution in [2.75, 3.05) is 13.2 Å². The number of alkyl halides is 3. The fourth-order valence-electron chi connectivity index (χ4n) is 4.53. The summed E-state index contributed by atoms with van der Waals surface area (Å²) < 4.78 is 74.0. The Kier molecular flexibility index (Phi) is 9.94. The van der Waals surface area contributed by atoms with Gasteiger partial charge in [0.25, 0.3) is 15.9 Å². The van der Waals surface area contributed by atoms with E-state index < -0.39 is 33.1 Å². The summed E-state index contributed by atoms with van der Waals surface area (Å²) in [5.41, 5.74) is 5.20. The molecule has 0 atom stereocenters. The molecule has 0 aromatic heterocycles. The van der Waals surface area contributed by atoms with Crippen molar-refractivity contribution in [3.8, 4) is 5.75 Å². The molecule has 0 aliphatic heterocycles. The van der Waals surface area contributed by atoms with Gasteiger partial charge in [-0.2, -0.15) is 21.6 Å². The number of hydrogen-bond donors (Lipinski definition) is 3. The van der Waals surface area contributed by atoms with E-state index in [1.54, 1.807) is 32.9 Å². The number of nitrogens with one attached hydrogen (secondary N) is 2. The van der Waals surface area contributed by atoms with Crippen LogP contribution >= 0.6 is 11.8 Å². The van der Waals surface area contributed by atoms with E-state index in [2.05, 4.69) is 9.71 Å². The first-order chi connectivity index (χ1) is 18.7. The SMILES string of the molecule is CCOc1cc(C(F)(F)F)ccc1C(=O)NCC1(c2ccc(S(=O)(=O)/N=C(\N)SC(=N)C(C)C)cc2)CCCC1. The van der Waals surface area contributed by atoms with Gasteiger partial charge in [-0.15, -0.1) is 4.40 Å². The van der Waals surface area contributed by atoms with Gasteiger partial charge in [0.1, 0.15) is 5.75 Å². The summed E-state index contributed by atoms with van der Waals surface area (Å²) in [5, 5.41) is 10.7. The number of rotatable bonds is 9. The smallest absolute Gasteiger partial charge is 0.416 e. The molecule has 1 saturated carbocycles. The Hall–Kier alpha value is -3.06. The highest BCUT2D eigenvalue weighted by Crippen LogP contribution is 2.41. The molecule has 1 amide bonds. The van der Waals surface area contributed by atoms with Crippen LogP contribution in [0.5, 0.6) is 5.75 Å². The molecule has 13 heteroatoms. The van der Waals surface area contributed by atoms with Crippen LogP contribution in [0, 0.1) is 11.3 Å². The van der Waals surface area contributed by atoms with Crippen LogP contribution < -0.4 is 15.8 Å². The van der Waals surface area contributed by atoms with Crippen LogP contribution in [0.2, 0.25) is 0 Å². The van der Waals surface area contributed by atoms with Crippen molar-refractivity contribution < 1.29 is 31.1 Å². The molecule has 0 unspecified atom stereocenters. The Morgan fingerprint density at radius 3 is 2.35 bits per heavy atom. The van der Waals surface area contributed by atoms with E-state index in [-0.39, 0.29) is 45.5 Å². The molecule has 40 heavy (non-hydrogen) atoms. The molecular formula is C27H33F3N4O4S2. The zero-order chi connectivity index (χ0) is 29.7. The van der Waals surface area contributed by atoms with Crippen molar-refractivity contribution in [2.45, 2.75) is 62.9 Å². The van der Waals surface area contributed by atoms with E-state index in [9.17, 15) is 26.4 Å². The van der Waals surface area contributed by atoms with Crippen molar-refractivity contribution in [3.63, 3.8) is 0 Å². The van der Waals surface area contributed by atoms with Gasteiger partial charge < -0.3 is 15.8 Å².